The zero-order valence-electron chi connectivity index (χ0n) is 17.8. The largest absolute Gasteiger partial charge is 0.496 e. The Balaban J connectivity index is 1.76. The molecule has 0 aliphatic rings. The van der Waals surface area contributed by atoms with Crippen molar-refractivity contribution in [3.8, 4) is 16.9 Å². The number of anilines is 1. The number of allylic oxidation sites excluding steroid dienone is 1. The van der Waals surface area contributed by atoms with Crippen molar-refractivity contribution in [1.82, 2.24) is 0 Å². The van der Waals surface area contributed by atoms with Gasteiger partial charge in [-0.1, -0.05) is 29.8 Å². The maximum absolute atomic E-state index is 13.4. The lowest BCUT2D eigenvalue weighted by Gasteiger charge is -2.13. The zero-order valence-corrected chi connectivity index (χ0v) is 18.6. The number of benzene rings is 3. The summed E-state index contributed by atoms with van der Waals surface area (Å²) in [4.78, 5) is 12.6. The SMILES string of the molecule is COc1c(/C(C)=C/C(=O)Nc2cccc(Cl)c2)cc2c(-c3ccc(F)cc3)coc2c1C. The van der Waals surface area contributed by atoms with E-state index in [2.05, 4.69) is 5.32 Å². The number of hydrogen-bond acceptors (Lipinski definition) is 3. The van der Waals surface area contributed by atoms with Gasteiger partial charge in [-0.15, -0.1) is 0 Å². The van der Waals surface area contributed by atoms with E-state index in [1.807, 2.05) is 19.9 Å². The highest BCUT2D eigenvalue weighted by atomic mass is 35.5. The van der Waals surface area contributed by atoms with Crippen LogP contribution in [-0.2, 0) is 4.79 Å². The monoisotopic (exact) mass is 449 g/mol. The Labute approximate surface area is 190 Å². The van der Waals surface area contributed by atoms with E-state index >= 15 is 0 Å². The fourth-order valence-electron chi connectivity index (χ4n) is 3.74. The summed E-state index contributed by atoms with van der Waals surface area (Å²) in [6.45, 7) is 3.75. The number of aryl methyl sites for hydroxylation is 1. The van der Waals surface area contributed by atoms with Crippen LogP contribution in [0.25, 0.3) is 27.7 Å². The molecule has 6 heteroatoms. The molecule has 0 spiro atoms. The number of rotatable bonds is 5. The van der Waals surface area contributed by atoms with E-state index in [0.717, 1.165) is 33.2 Å². The van der Waals surface area contributed by atoms with Gasteiger partial charge in [0.1, 0.15) is 17.1 Å². The van der Waals surface area contributed by atoms with Gasteiger partial charge in [-0.05, 0) is 61.4 Å². The topological polar surface area (TPSA) is 51.5 Å². The van der Waals surface area contributed by atoms with Crippen LogP contribution >= 0.6 is 11.6 Å². The van der Waals surface area contributed by atoms with Crippen LogP contribution in [0.5, 0.6) is 5.75 Å². The van der Waals surface area contributed by atoms with Crippen LogP contribution in [0.3, 0.4) is 0 Å². The molecule has 1 N–H and O–H groups in total. The predicted molar refractivity (Wildman–Crippen MR) is 127 cm³/mol. The van der Waals surface area contributed by atoms with Crippen molar-refractivity contribution in [2.45, 2.75) is 13.8 Å². The van der Waals surface area contributed by atoms with E-state index in [9.17, 15) is 9.18 Å². The molecule has 0 aliphatic heterocycles. The average Bonchev–Trinajstić information content (AvgIpc) is 3.18. The van der Waals surface area contributed by atoms with Gasteiger partial charge < -0.3 is 14.5 Å². The van der Waals surface area contributed by atoms with Gasteiger partial charge in [-0.3, -0.25) is 4.79 Å². The number of nitrogens with one attached hydrogen (secondary N) is 1. The van der Waals surface area contributed by atoms with E-state index in [4.69, 9.17) is 20.8 Å². The van der Waals surface area contributed by atoms with Gasteiger partial charge in [-0.2, -0.15) is 0 Å². The summed E-state index contributed by atoms with van der Waals surface area (Å²) in [5, 5.41) is 4.21. The lowest BCUT2D eigenvalue weighted by molar-refractivity contribution is -0.111. The second-order valence-electron chi connectivity index (χ2n) is 7.44. The van der Waals surface area contributed by atoms with Crippen LogP contribution in [0, 0.1) is 12.7 Å². The molecule has 0 fully saturated rings. The van der Waals surface area contributed by atoms with Gasteiger partial charge in [0.25, 0.3) is 0 Å². The number of fused-ring (bicyclic) bond motifs is 1. The molecular weight excluding hydrogens is 429 g/mol. The maximum atomic E-state index is 13.4. The van der Waals surface area contributed by atoms with Gasteiger partial charge in [-0.25, -0.2) is 4.39 Å². The first kappa shape index (κ1) is 21.7. The first-order valence-electron chi connectivity index (χ1n) is 9.97. The quantitative estimate of drug-likeness (QED) is 0.326. The number of carbonyl (C=O) groups is 1. The zero-order chi connectivity index (χ0) is 22.8. The molecule has 1 amide bonds. The number of hydrogen-bond donors (Lipinski definition) is 1. The van der Waals surface area contributed by atoms with Crippen molar-refractivity contribution >= 4 is 39.7 Å². The molecule has 0 saturated carbocycles. The highest BCUT2D eigenvalue weighted by molar-refractivity contribution is 6.31. The summed E-state index contributed by atoms with van der Waals surface area (Å²) in [6, 6.07) is 15.1. The molecule has 4 rings (SSSR count). The summed E-state index contributed by atoms with van der Waals surface area (Å²) >= 11 is 5.99. The third-order valence-corrected chi connectivity index (χ3v) is 5.50. The minimum atomic E-state index is -0.301. The van der Waals surface area contributed by atoms with E-state index in [0.29, 0.717) is 22.0 Å². The van der Waals surface area contributed by atoms with Crippen LogP contribution in [0.2, 0.25) is 5.02 Å². The number of furan rings is 1. The van der Waals surface area contributed by atoms with Crippen molar-refractivity contribution in [1.29, 1.82) is 0 Å². The maximum Gasteiger partial charge on any atom is 0.248 e. The Bertz CT molecular complexity index is 1340. The molecular formula is C26H21ClFNO3. The fourth-order valence-corrected chi connectivity index (χ4v) is 3.93. The molecule has 0 bridgehead atoms. The summed E-state index contributed by atoms with van der Waals surface area (Å²) in [5.41, 5.74) is 5.27. The first-order valence-corrected chi connectivity index (χ1v) is 10.3. The minimum absolute atomic E-state index is 0.282. The molecule has 0 aliphatic carbocycles. The van der Waals surface area contributed by atoms with Crippen LogP contribution in [0.1, 0.15) is 18.1 Å². The number of methoxy groups -OCH3 is 1. The lowest BCUT2D eigenvalue weighted by Crippen LogP contribution is -2.08. The predicted octanol–water partition coefficient (Wildman–Crippen LogP) is 7.25. The average molecular weight is 450 g/mol. The molecule has 32 heavy (non-hydrogen) atoms. The molecule has 1 aromatic heterocycles. The molecule has 1 heterocycles. The van der Waals surface area contributed by atoms with Crippen molar-refractivity contribution in [2.24, 2.45) is 0 Å². The number of ether oxygens (including phenoxy) is 1. The van der Waals surface area contributed by atoms with E-state index < -0.39 is 0 Å². The van der Waals surface area contributed by atoms with E-state index in [1.54, 1.807) is 49.8 Å². The fraction of sp³-hybridized carbons (Fsp3) is 0.115. The standard InChI is InChI=1S/C26H21ClFNO3/c1-15(11-24(30)29-20-6-4-5-18(27)12-20)21-13-22-23(17-7-9-19(28)10-8-17)14-32-26(22)16(2)25(21)31-3/h4-14H,1-3H3,(H,29,30)/b15-11+. The second kappa shape index (κ2) is 8.89. The third-order valence-electron chi connectivity index (χ3n) is 5.27. The van der Waals surface area contributed by atoms with Gasteiger partial charge in [0, 0.05) is 38.9 Å². The number of carbonyl (C=O) groups excluding carboxylic acids is 1. The summed E-state index contributed by atoms with van der Waals surface area (Å²) in [5.74, 6) is 0.0434. The van der Waals surface area contributed by atoms with Crippen molar-refractivity contribution in [3.63, 3.8) is 0 Å². The molecule has 0 unspecified atom stereocenters. The van der Waals surface area contributed by atoms with Crippen LogP contribution in [-0.4, -0.2) is 13.0 Å². The summed E-state index contributed by atoms with van der Waals surface area (Å²) in [7, 11) is 1.58. The summed E-state index contributed by atoms with van der Waals surface area (Å²) in [6.07, 6.45) is 3.17. The molecule has 0 atom stereocenters. The Hall–Kier alpha value is -3.57. The van der Waals surface area contributed by atoms with Crippen molar-refractivity contribution in [2.75, 3.05) is 12.4 Å². The number of halogens is 2. The Morgan fingerprint density at radius 3 is 2.59 bits per heavy atom. The first-order chi connectivity index (χ1) is 15.4. The van der Waals surface area contributed by atoms with Gasteiger partial charge in [0.2, 0.25) is 5.91 Å². The molecule has 4 nitrogen and oxygen atoms in total. The Morgan fingerprint density at radius 2 is 1.91 bits per heavy atom. The van der Waals surface area contributed by atoms with E-state index in [-0.39, 0.29) is 11.7 Å². The van der Waals surface area contributed by atoms with Crippen molar-refractivity contribution < 1.29 is 18.3 Å². The minimum Gasteiger partial charge on any atom is -0.496 e. The number of amides is 1. The van der Waals surface area contributed by atoms with Crippen LogP contribution in [0.4, 0.5) is 10.1 Å². The molecule has 3 aromatic carbocycles. The van der Waals surface area contributed by atoms with Gasteiger partial charge in [0.15, 0.2) is 0 Å². The summed E-state index contributed by atoms with van der Waals surface area (Å²) < 4.78 is 24.9. The Morgan fingerprint density at radius 1 is 1.16 bits per heavy atom. The van der Waals surface area contributed by atoms with Gasteiger partial charge in [0.05, 0.1) is 13.4 Å². The molecule has 4 aromatic rings. The molecule has 0 saturated heterocycles. The van der Waals surface area contributed by atoms with E-state index in [1.165, 1.54) is 18.2 Å². The molecule has 162 valence electrons. The van der Waals surface area contributed by atoms with Crippen molar-refractivity contribution in [3.05, 3.63) is 88.9 Å². The molecule has 0 radical (unpaired) electrons. The Kier molecular flexibility index (Phi) is 6.01. The normalized spacial score (nSPS) is 11.6. The van der Waals surface area contributed by atoms with Crippen LogP contribution < -0.4 is 10.1 Å². The highest BCUT2D eigenvalue weighted by Gasteiger charge is 2.19. The second-order valence-corrected chi connectivity index (χ2v) is 7.88. The third kappa shape index (κ3) is 4.25. The van der Waals surface area contributed by atoms with Crippen LogP contribution in [0.15, 0.2) is 71.4 Å². The van der Waals surface area contributed by atoms with Gasteiger partial charge >= 0.3 is 0 Å². The lowest BCUT2D eigenvalue weighted by atomic mass is 9.96. The highest BCUT2D eigenvalue weighted by Crippen LogP contribution is 2.40. The smallest absolute Gasteiger partial charge is 0.248 e.